The van der Waals surface area contributed by atoms with Crippen molar-refractivity contribution >= 4 is 37.4 Å². The number of Topliss-reactive ketones (excluding diaryl/α,β-unsaturated/α-hetero) is 1. The maximum Gasteiger partial charge on any atom is 0.264 e. The van der Waals surface area contributed by atoms with Gasteiger partial charge >= 0.3 is 0 Å². The second kappa shape index (κ2) is 6.69. The molecule has 2 aromatic carbocycles. The molecule has 2 aromatic rings. The largest absolute Gasteiger partial charge is 0.298 e. The molecule has 24 heavy (non-hydrogen) atoms. The maximum atomic E-state index is 13.1. The van der Waals surface area contributed by atoms with Crippen LogP contribution in [0.2, 0.25) is 0 Å². The summed E-state index contributed by atoms with van der Waals surface area (Å²) in [5.41, 5.74) is 2.33. The van der Waals surface area contributed by atoms with E-state index < -0.39 is 10.0 Å². The molecule has 0 spiro atoms. The maximum absolute atomic E-state index is 13.1. The van der Waals surface area contributed by atoms with Gasteiger partial charge in [-0.2, -0.15) is 0 Å². The van der Waals surface area contributed by atoms with E-state index >= 15 is 0 Å². The Morgan fingerprint density at radius 3 is 2.46 bits per heavy atom. The molecule has 126 valence electrons. The Kier molecular flexibility index (Phi) is 4.78. The van der Waals surface area contributed by atoms with Gasteiger partial charge in [-0.15, -0.1) is 0 Å². The van der Waals surface area contributed by atoms with Crippen molar-refractivity contribution in [3.8, 4) is 0 Å². The molecule has 6 heteroatoms. The molecule has 4 nitrogen and oxygen atoms in total. The minimum Gasteiger partial charge on any atom is -0.298 e. The quantitative estimate of drug-likeness (QED) is 0.716. The zero-order chi connectivity index (χ0) is 17.3. The van der Waals surface area contributed by atoms with E-state index in [0.717, 1.165) is 11.1 Å². The molecule has 3 rings (SSSR count). The highest BCUT2D eigenvalue weighted by Crippen LogP contribution is 2.31. The van der Waals surface area contributed by atoms with Gasteiger partial charge in [-0.1, -0.05) is 51.8 Å². The molecule has 0 bridgehead atoms. The Morgan fingerprint density at radius 1 is 1.08 bits per heavy atom. The lowest BCUT2D eigenvalue weighted by atomic mass is 10.0. The highest BCUT2D eigenvalue weighted by molar-refractivity contribution is 9.10. The predicted octanol–water partition coefficient (Wildman–Crippen LogP) is 3.47. The zero-order valence-corrected chi connectivity index (χ0v) is 15.7. The molecular formula is C18H18BrNO3S. The van der Waals surface area contributed by atoms with Crippen LogP contribution in [0.1, 0.15) is 17.5 Å². The van der Waals surface area contributed by atoms with Crippen LogP contribution in [0.25, 0.3) is 0 Å². The zero-order valence-electron chi connectivity index (χ0n) is 13.3. The number of aryl methyl sites for hydroxylation is 1. The normalized spacial score (nSPS) is 18.7. The summed E-state index contributed by atoms with van der Waals surface area (Å²) in [6.45, 7) is 2.18. The minimum atomic E-state index is -3.67. The van der Waals surface area contributed by atoms with Gasteiger partial charge in [0.2, 0.25) is 0 Å². The Balaban J connectivity index is 2.10. The highest BCUT2D eigenvalue weighted by Gasteiger charge is 2.30. The van der Waals surface area contributed by atoms with Crippen molar-refractivity contribution in [2.24, 2.45) is 0 Å². The lowest BCUT2D eigenvalue weighted by Gasteiger charge is -2.29. The molecule has 1 atom stereocenters. The van der Waals surface area contributed by atoms with Crippen LogP contribution >= 0.6 is 15.9 Å². The summed E-state index contributed by atoms with van der Waals surface area (Å²) in [6, 6.07) is 14.0. The first-order valence-electron chi connectivity index (χ1n) is 7.73. The van der Waals surface area contributed by atoms with Gasteiger partial charge in [0.05, 0.1) is 15.4 Å². The average molecular weight is 408 g/mol. The Bertz CT molecular complexity index is 862. The van der Waals surface area contributed by atoms with E-state index in [4.69, 9.17) is 0 Å². The summed E-state index contributed by atoms with van der Waals surface area (Å²) in [6.07, 6.45) is 0.671. The van der Waals surface area contributed by atoms with Crippen molar-refractivity contribution in [1.29, 1.82) is 0 Å². The van der Waals surface area contributed by atoms with Gasteiger partial charge in [0.1, 0.15) is 0 Å². The number of anilines is 1. The third kappa shape index (κ3) is 3.26. The lowest BCUT2D eigenvalue weighted by Crippen LogP contribution is -2.37. The van der Waals surface area contributed by atoms with E-state index in [1.807, 2.05) is 19.1 Å². The number of fused-ring (bicyclic) bond motifs is 1. The number of carbonyl (C=O) groups is 1. The molecule has 1 aliphatic heterocycles. The molecule has 0 saturated carbocycles. The fraction of sp³-hybridized carbons (Fsp3) is 0.278. The summed E-state index contributed by atoms with van der Waals surface area (Å²) < 4.78 is 27.7. The van der Waals surface area contributed by atoms with Gasteiger partial charge in [-0.05, 0) is 37.1 Å². The first kappa shape index (κ1) is 17.2. The number of hydrogen-bond acceptors (Lipinski definition) is 3. The SMILES string of the molecule is Cc1ccc(S(=O)(=O)N2CC[C@@H](Br)C(=O)Cc3ccccc32)cc1. The minimum absolute atomic E-state index is 0.0785. The number of nitrogens with zero attached hydrogens (tertiary/aromatic N) is 1. The van der Waals surface area contributed by atoms with Gasteiger partial charge in [-0.25, -0.2) is 8.42 Å². The molecule has 0 radical (unpaired) electrons. The van der Waals surface area contributed by atoms with Crippen molar-refractivity contribution in [2.45, 2.75) is 29.5 Å². The molecule has 1 heterocycles. The Morgan fingerprint density at radius 2 is 1.75 bits per heavy atom. The third-order valence-corrected chi connectivity index (χ3v) is 6.96. The van der Waals surface area contributed by atoms with Crippen LogP contribution in [0.5, 0.6) is 0 Å². The van der Waals surface area contributed by atoms with Gasteiger partial charge in [-0.3, -0.25) is 9.10 Å². The molecule has 1 aliphatic rings. The van der Waals surface area contributed by atoms with E-state index in [2.05, 4.69) is 15.9 Å². The number of para-hydroxylation sites is 1. The van der Waals surface area contributed by atoms with Gasteiger partial charge in [0.25, 0.3) is 10.0 Å². The molecular weight excluding hydrogens is 390 g/mol. The molecule has 0 fully saturated rings. The monoisotopic (exact) mass is 407 g/mol. The van der Waals surface area contributed by atoms with Crippen LogP contribution in [0.3, 0.4) is 0 Å². The summed E-state index contributed by atoms with van der Waals surface area (Å²) in [5.74, 6) is 0.0785. The number of ketones is 1. The van der Waals surface area contributed by atoms with Crippen LogP contribution in [0.15, 0.2) is 53.4 Å². The first-order chi connectivity index (χ1) is 11.4. The molecule has 0 aliphatic carbocycles. The topological polar surface area (TPSA) is 54.5 Å². The van der Waals surface area contributed by atoms with Crippen molar-refractivity contribution in [3.63, 3.8) is 0 Å². The fourth-order valence-corrected chi connectivity index (χ4v) is 4.69. The third-order valence-electron chi connectivity index (χ3n) is 4.17. The van der Waals surface area contributed by atoms with Crippen LogP contribution in [0.4, 0.5) is 5.69 Å². The van der Waals surface area contributed by atoms with Crippen LogP contribution in [-0.2, 0) is 21.2 Å². The van der Waals surface area contributed by atoms with Gasteiger partial charge in [0, 0.05) is 13.0 Å². The smallest absolute Gasteiger partial charge is 0.264 e. The Labute approximate surface area is 150 Å². The first-order valence-corrected chi connectivity index (χ1v) is 10.1. The highest BCUT2D eigenvalue weighted by atomic mass is 79.9. The summed E-state index contributed by atoms with van der Waals surface area (Å²) in [7, 11) is -3.67. The van der Waals surface area contributed by atoms with E-state index in [-0.39, 0.29) is 28.5 Å². The average Bonchev–Trinajstić information content (AvgIpc) is 2.55. The van der Waals surface area contributed by atoms with E-state index in [9.17, 15) is 13.2 Å². The molecule has 0 amide bonds. The van der Waals surface area contributed by atoms with E-state index in [1.54, 1.807) is 36.4 Å². The summed E-state index contributed by atoms with van der Waals surface area (Å²) >= 11 is 3.38. The second-order valence-corrected chi connectivity index (χ2v) is 8.89. The van der Waals surface area contributed by atoms with E-state index in [1.165, 1.54) is 4.31 Å². The fourth-order valence-electron chi connectivity index (χ4n) is 2.80. The van der Waals surface area contributed by atoms with Crippen molar-refractivity contribution in [2.75, 3.05) is 10.8 Å². The number of halogens is 1. The molecule has 0 N–H and O–H groups in total. The number of rotatable bonds is 2. The van der Waals surface area contributed by atoms with Gasteiger partial charge in [0.15, 0.2) is 5.78 Å². The second-order valence-electron chi connectivity index (χ2n) is 5.92. The Hall–Kier alpha value is -1.66. The van der Waals surface area contributed by atoms with Crippen LogP contribution < -0.4 is 4.31 Å². The number of sulfonamides is 1. The number of carbonyl (C=O) groups excluding carboxylic acids is 1. The molecule has 0 aromatic heterocycles. The standard InChI is InChI=1S/C18H18BrNO3S/c1-13-6-8-15(9-7-13)24(22,23)20-11-10-16(19)18(21)12-14-4-2-3-5-17(14)20/h2-9,16H,10-12H2,1H3/t16-/m1/s1. The van der Waals surface area contributed by atoms with Gasteiger partial charge < -0.3 is 0 Å². The van der Waals surface area contributed by atoms with Crippen LogP contribution in [0, 0.1) is 6.92 Å². The van der Waals surface area contributed by atoms with Crippen LogP contribution in [-0.4, -0.2) is 25.6 Å². The van der Waals surface area contributed by atoms with Crippen molar-refractivity contribution < 1.29 is 13.2 Å². The molecule has 0 unspecified atom stereocenters. The summed E-state index contributed by atoms with van der Waals surface area (Å²) in [4.78, 5) is 12.1. The van der Waals surface area contributed by atoms with E-state index in [0.29, 0.717) is 12.1 Å². The van der Waals surface area contributed by atoms with Crippen molar-refractivity contribution in [3.05, 3.63) is 59.7 Å². The number of benzene rings is 2. The van der Waals surface area contributed by atoms with Crippen molar-refractivity contribution in [1.82, 2.24) is 0 Å². The molecule has 0 saturated heterocycles. The predicted molar refractivity (Wildman–Crippen MR) is 98.2 cm³/mol. The number of hydrogen-bond donors (Lipinski definition) is 0. The summed E-state index contributed by atoms with van der Waals surface area (Å²) in [5, 5.41) is 0. The number of alkyl halides is 1. The lowest BCUT2D eigenvalue weighted by molar-refractivity contribution is -0.117.